The fourth-order valence-electron chi connectivity index (χ4n) is 3.29. The molecule has 6 heteroatoms. The molecule has 1 heterocycles. The van der Waals surface area contributed by atoms with Crippen molar-refractivity contribution >= 4 is 23.5 Å². The van der Waals surface area contributed by atoms with E-state index in [2.05, 4.69) is 0 Å². The second-order valence-electron chi connectivity index (χ2n) is 6.55. The van der Waals surface area contributed by atoms with Crippen LogP contribution in [-0.2, 0) is 16.1 Å². The number of Topliss-reactive ketones (excluding diaryl/α,β-unsaturated/α-hetero) is 1. The molecular formula is C22H23NO5. The van der Waals surface area contributed by atoms with Crippen LogP contribution in [0, 0.1) is 0 Å². The van der Waals surface area contributed by atoms with Crippen LogP contribution in [-0.4, -0.2) is 30.5 Å². The number of rotatable bonds is 5. The molecule has 0 aliphatic carbocycles. The summed E-state index contributed by atoms with van der Waals surface area (Å²) in [5.41, 5.74) is 1.98. The SMILES string of the molecule is CCOC(=O)c1ccc2c(c1)C(=O)C[C@H](CC)N2C(=O)OCc1ccccc1. The zero-order chi connectivity index (χ0) is 20.1. The van der Waals surface area contributed by atoms with E-state index in [1.165, 1.54) is 11.0 Å². The molecule has 1 atom stereocenters. The lowest BCUT2D eigenvalue weighted by atomic mass is 9.92. The monoisotopic (exact) mass is 381 g/mol. The average Bonchev–Trinajstić information content (AvgIpc) is 2.72. The molecule has 0 spiro atoms. The summed E-state index contributed by atoms with van der Waals surface area (Å²) in [6, 6.07) is 13.8. The molecule has 146 valence electrons. The van der Waals surface area contributed by atoms with Gasteiger partial charge in [-0.2, -0.15) is 0 Å². The predicted octanol–water partition coefficient (Wildman–Crippen LogP) is 4.37. The normalized spacial score (nSPS) is 15.7. The summed E-state index contributed by atoms with van der Waals surface area (Å²) >= 11 is 0. The van der Waals surface area contributed by atoms with Crippen LogP contribution in [0.5, 0.6) is 0 Å². The minimum absolute atomic E-state index is 0.0971. The second-order valence-corrected chi connectivity index (χ2v) is 6.55. The number of amides is 1. The number of nitrogens with zero attached hydrogens (tertiary/aromatic N) is 1. The number of esters is 1. The van der Waals surface area contributed by atoms with E-state index in [1.807, 2.05) is 37.3 Å². The fraction of sp³-hybridized carbons (Fsp3) is 0.318. The lowest BCUT2D eigenvalue weighted by Crippen LogP contribution is -2.45. The van der Waals surface area contributed by atoms with Crippen molar-refractivity contribution in [3.8, 4) is 0 Å². The standard InChI is InChI=1S/C22H23NO5/c1-3-17-13-20(24)18-12-16(21(25)27-4-2)10-11-19(18)23(17)22(26)28-14-15-8-6-5-7-9-15/h5-12,17H,3-4,13-14H2,1-2H3/t17-/m0/s1. The lowest BCUT2D eigenvalue weighted by molar-refractivity contribution is 0.0526. The van der Waals surface area contributed by atoms with Gasteiger partial charge in [0, 0.05) is 18.0 Å². The highest BCUT2D eigenvalue weighted by atomic mass is 16.6. The van der Waals surface area contributed by atoms with Crippen LogP contribution in [0.4, 0.5) is 10.5 Å². The van der Waals surface area contributed by atoms with Crippen molar-refractivity contribution in [1.82, 2.24) is 0 Å². The zero-order valence-electron chi connectivity index (χ0n) is 16.0. The third-order valence-electron chi connectivity index (χ3n) is 4.73. The number of ketones is 1. The molecule has 0 saturated carbocycles. The third kappa shape index (κ3) is 4.06. The van der Waals surface area contributed by atoms with Crippen molar-refractivity contribution in [2.24, 2.45) is 0 Å². The number of hydrogen-bond donors (Lipinski definition) is 0. The first kappa shape index (κ1) is 19.6. The quantitative estimate of drug-likeness (QED) is 0.719. The molecule has 0 fully saturated rings. The lowest BCUT2D eigenvalue weighted by Gasteiger charge is -2.35. The highest BCUT2D eigenvalue weighted by Crippen LogP contribution is 2.33. The second kappa shape index (κ2) is 8.69. The van der Waals surface area contributed by atoms with Gasteiger partial charge >= 0.3 is 12.1 Å². The highest BCUT2D eigenvalue weighted by molar-refractivity contribution is 6.09. The molecule has 2 aromatic carbocycles. The van der Waals surface area contributed by atoms with Crippen molar-refractivity contribution in [2.45, 2.75) is 39.3 Å². The Morgan fingerprint density at radius 2 is 1.82 bits per heavy atom. The molecule has 0 bridgehead atoms. The van der Waals surface area contributed by atoms with Gasteiger partial charge in [0.05, 0.1) is 17.9 Å². The molecule has 0 unspecified atom stereocenters. The van der Waals surface area contributed by atoms with Gasteiger partial charge in [0.2, 0.25) is 0 Å². The van der Waals surface area contributed by atoms with Gasteiger partial charge in [-0.25, -0.2) is 9.59 Å². The smallest absolute Gasteiger partial charge is 0.414 e. The van der Waals surface area contributed by atoms with Gasteiger partial charge < -0.3 is 9.47 Å². The Hall–Kier alpha value is -3.15. The summed E-state index contributed by atoms with van der Waals surface area (Å²) in [6.07, 6.45) is 0.301. The first-order valence-corrected chi connectivity index (χ1v) is 9.39. The van der Waals surface area contributed by atoms with Gasteiger partial charge in [0.15, 0.2) is 5.78 Å². The van der Waals surface area contributed by atoms with Crippen molar-refractivity contribution in [2.75, 3.05) is 11.5 Å². The van der Waals surface area contributed by atoms with Crippen LogP contribution < -0.4 is 4.90 Å². The maximum atomic E-state index is 12.8. The molecule has 0 radical (unpaired) electrons. The summed E-state index contributed by atoms with van der Waals surface area (Å²) < 4.78 is 10.5. The Bertz CT molecular complexity index is 878. The molecule has 0 saturated heterocycles. The fourth-order valence-corrected chi connectivity index (χ4v) is 3.29. The van der Waals surface area contributed by atoms with E-state index in [4.69, 9.17) is 9.47 Å². The van der Waals surface area contributed by atoms with Crippen molar-refractivity contribution < 1.29 is 23.9 Å². The number of anilines is 1. The van der Waals surface area contributed by atoms with Crippen LogP contribution in [0.1, 0.15) is 53.0 Å². The van der Waals surface area contributed by atoms with Crippen LogP contribution in [0.2, 0.25) is 0 Å². The molecular weight excluding hydrogens is 358 g/mol. The zero-order valence-corrected chi connectivity index (χ0v) is 16.0. The first-order valence-electron chi connectivity index (χ1n) is 9.39. The summed E-state index contributed by atoms with van der Waals surface area (Å²) in [4.78, 5) is 39.0. The third-order valence-corrected chi connectivity index (χ3v) is 4.73. The van der Waals surface area contributed by atoms with E-state index in [9.17, 15) is 14.4 Å². The Morgan fingerprint density at radius 3 is 2.50 bits per heavy atom. The van der Waals surface area contributed by atoms with E-state index >= 15 is 0 Å². The molecule has 2 aromatic rings. The van der Waals surface area contributed by atoms with Crippen molar-refractivity contribution in [3.63, 3.8) is 0 Å². The minimum atomic E-state index is -0.506. The Kier molecular flexibility index (Phi) is 6.09. The van der Waals surface area contributed by atoms with E-state index in [-0.39, 0.29) is 31.5 Å². The topological polar surface area (TPSA) is 72.9 Å². The van der Waals surface area contributed by atoms with Crippen LogP contribution in [0.3, 0.4) is 0 Å². The Labute approximate surface area is 164 Å². The van der Waals surface area contributed by atoms with Crippen LogP contribution in [0.15, 0.2) is 48.5 Å². The van der Waals surface area contributed by atoms with Gasteiger partial charge in [0.1, 0.15) is 6.61 Å². The molecule has 28 heavy (non-hydrogen) atoms. The highest BCUT2D eigenvalue weighted by Gasteiger charge is 2.35. The van der Waals surface area contributed by atoms with Crippen LogP contribution >= 0.6 is 0 Å². The largest absolute Gasteiger partial charge is 0.462 e. The number of fused-ring (bicyclic) bond motifs is 1. The average molecular weight is 381 g/mol. The Balaban J connectivity index is 1.87. The maximum Gasteiger partial charge on any atom is 0.414 e. The Morgan fingerprint density at radius 1 is 1.07 bits per heavy atom. The summed E-state index contributed by atoms with van der Waals surface area (Å²) in [5, 5.41) is 0. The van der Waals surface area contributed by atoms with E-state index in [0.717, 1.165) is 5.56 Å². The van der Waals surface area contributed by atoms with Crippen molar-refractivity contribution in [1.29, 1.82) is 0 Å². The number of hydrogen-bond acceptors (Lipinski definition) is 5. The van der Waals surface area contributed by atoms with E-state index in [0.29, 0.717) is 23.2 Å². The summed E-state index contributed by atoms with van der Waals surface area (Å²) in [6.45, 7) is 4.04. The summed E-state index contributed by atoms with van der Waals surface area (Å²) in [7, 11) is 0. The van der Waals surface area contributed by atoms with E-state index in [1.54, 1.807) is 19.1 Å². The van der Waals surface area contributed by atoms with Crippen molar-refractivity contribution in [3.05, 3.63) is 65.2 Å². The molecule has 1 aliphatic rings. The molecule has 3 rings (SSSR count). The predicted molar refractivity (Wildman–Crippen MR) is 105 cm³/mol. The molecule has 6 nitrogen and oxygen atoms in total. The molecule has 1 amide bonds. The number of carbonyl (C=O) groups excluding carboxylic acids is 3. The molecule has 0 N–H and O–H groups in total. The molecule has 0 aromatic heterocycles. The number of ether oxygens (including phenoxy) is 2. The maximum absolute atomic E-state index is 12.8. The van der Waals surface area contributed by atoms with Crippen LogP contribution in [0.25, 0.3) is 0 Å². The number of benzene rings is 2. The van der Waals surface area contributed by atoms with Gasteiger partial charge in [-0.1, -0.05) is 37.3 Å². The van der Waals surface area contributed by atoms with E-state index < -0.39 is 12.1 Å². The molecule has 1 aliphatic heterocycles. The first-order chi connectivity index (χ1) is 13.5. The van der Waals surface area contributed by atoms with Gasteiger partial charge in [-0.3, -0.25) is 9.69 Å². The van der Waals surface area contributed by atoms with Gasteiger partial charge in [-0.15, -0.1) is 0 Å². The van der Waals surface area contributed by atoms with Gasteiger partial charge in [0.25, 0.3) is 0 Å². The number of carbonyl (C=O) groups is 3. The summed E-state index contributed by atoms with van der Waals surface area (Å²) in [5.74, 6) is -0.589. The minimum Gasteiger partial charge on any atom is -0.462 e. The van der Waals surface area contributed by atoms with Gasteiger partial charge in [-0.05, 0) is 37.1 Å².